The molecule has 0 N–H and O–H groups in total. The number of aromatic nitrogens is 2. The molecule has 0 atom stereocenters. The Hall–Kier alpha value is -2.96. The third-order valence-corrected chi connectivity index (χ3v) is 7.35. The summed E-state index contributed by atoms with van der Waals surface area (Å²) in [6, 6.07) is 3.70. The summed E-state index contributed by atoms with van der Waals surface area (Å²) in [4.78, 5) is 49.2. The van der Waals surface area contributed by atoms with E-state index >= 15 is 0 Å². The van der Waals surface area contributed by atoms with Crippen LogP contribution in [0.25, 0.3) is 11.7 Å². The summed E-state index contributed by atoms with van der Waals surface area (Å²) in [5.41, 5.74) is 1.48. The van der Waals surface area contributed by atoms with E-state index in [-0.39, 0.29) is 17.6 Å². The summed E-state index contributed by atoms with van der Waals surface area (Å²) in [5, 5.41) is 0. The summed E-state index contributed by atoms with van der Waals surface area (Å²) in [7, 11) is 1.61. The van der Waals surface area contributed by atoms with E-state index in [4.69, 9.17) is 26.7 Å². The van der Waals surface area contributed by atoms with Crippen LogP contribution in [0.15, 0.2) is 28.0 Å². The van der Waals surface area contributed by atoms with Gasteiger partial charge in [-0.2, -0.15) is 0 Å². The van der Waals surface area contributed by atoms with Gasteiger partial charge in [0.25, 0.3) is 11.5 Å². The van der Waals surface area contributed by atoms with Gasteiger partial charge >= 0.3 is 6.09 Å². The second-order valence-corrected chi connectivity index (χ2v) is 10.1. The maximum atomic E-state index is 13.7. The van der Waals surface area contributed by atoms with Crippen molar-refractivity contribution in [3.63, 3.8) is 0 Å². The van der Waals surface area contributed by atoms with Gasteiger partial charge in [-0.15, -0.1) is 0 Å². The van der Waals surface area contributed by atoms with Gasteiger partial charge in [0.15, 0.2) is 0 Å². The molecule has 12 heteroatoms. The zero-order valence-electron chi connectivity index (χ0n) is 20.6. The van der Waals surface area contributed by atoms with E-state index in [1.54, 1.807) is 42.2 Å². The SMILES string of the molecule is CCOC(=O)N1CCN(c2nc3ccc(C)cn3c(=O)c2C=C2SC(=S)N(CCCOC)C2=O)CC1. The van der Waals surface area contributed by atoms with Crippen LogP contribution in [0.1, 0.15) is 24.5 Å². The number of hydrogen-bond acceptors (Lipinski definition) is 9. The Kier molecular flexibility index (Phi) is 8.27. The fourth-order valence-corrected chi connectivity index (χ4v) is 5.41. The van der Waals surface area contributed by atoms with E-state index in [1.807, 2.05) is 17.9 Å². The molecule has 36 heavy (non-hydrogen) atoms. The first kappa shape index (κ1) is 26.1. The molecule has 192 valence electrons. The van der Waals surface area contributed by atoms with Gasteiger partial charge in [-0.3, -0.25) is 18.9 Å². The Labute approximate surface area is 218 Å². The fraction of sp³-hybridized carbons (Fsp3) is 0.458. The maximum absolute atomic E-state index is 13.7. The van der Waals surface area contributed by atoms with Gasteiger partial charge in [-0.05, 0) is 38.0 Å². The van der Waals surface area contributed by atoms with Crippen LogP contribution in [-0.4, -0.2) is 88.6 Å². The number of piperazine rings is 1. The summed E-state index contributed by atoms with van der Waals surface area (Å²) in [5.74, 6) is 0.255. The maximum Gasteiger partial charge on any atom is 0.409 e. The van der Waals surface area contributed by atoms with E-state index in [0.717, 1.165) is 5.56 Å². The molecule has 0 saturated carbocycles. The number of nitrogens with zero attached hydrogens (tertiary/aromatic N) is 5. The predicted octanol–water partition coefficient (Wildman–Crippen LogP) is 2.52. The largest absolute Gasteiger partial charge is 0.450 e. The lowest BCUT2D eigenvalue weighted by Gasteiger charge is -2.35. The molecule has 2 aromatic heterocycles. The molecule has 10 nitrogen and oxygen atoms in total. The number of pyridine rings is 1. The van der Waals surface area contributed by atoms with Gasteiger partial charge in [0.05, 0.1) is 17.1 Å². The molecule has 2 fully saturated rings. The average Bonchev–Trinajstić information content (AvgIpc) is 3.13. The molecule has 0 spiro atoms. The number of rotatable bonds is 7. The summed E-state index contributed by atoms with van der Waals surface area (Å²) < 4.78 is 12.2. The molecule has 4 heterocycles. The van der Waals surface area contributed by atoms with E-state index in [9.17, 15) is 14.4 Å². The number of anilines is 1. The Morgan fingerprint density at radius 1 is 1.22 bits per heavy atom. The molecule has 0 aliphatic carbocycles. The number of fused-ring (bicyclic) bond motifs is 1. The standard InChI is InChI=1S/C24H29N5O5S2/c1-4-34-23(32)27-11-9-26(10-12-27)20-17(21(30)29-15-16(2)6-7-19(29)25-20)14-18-22(31)28(24(35)36-18)8-5-13-33-3/h6-7,14-15H,4-5,8-13H2,1-3H3. The van der Waals surface area contributed by atoms with Gasteiger partial charge in [-0.25, -0.2) is 9.78 Å². The van der Waals surface area contributed by atoms with Crippen LogP contribution < -0.4 is 10.5 Å². The predicted molar refractivity (Wildman–Crippen MR) is 143 cm³/mol. The van der Waals surface area contributed by atoms with Crippen LogP contribution in [0.4, 0.5) is 10.6 Å². The van der Waals surface area contributed by atoms with Gasteiger partial charge in [0.2, 0.25) is 0 Å². The first-order chi connectivity index (χ1) is 17.3. The molecular formula is C24H29N5O5S2. The molecule has 4 rings (SSSR count). The van der Waals surface area contributed by atoms with E-state index < -0.39 is 0 Å². The topological polar surface area (TPSA) is 96.7 Å². The zero-order valence-corrected chi connectivity index (χ0v) is 22.2. The van der Waals surface area contributed by atoms with E-state index in [2.05, 4.69) is 0 Å². The van der Waals surface area contributed by atoms with Crippen LogP contribution in [0.2, 0.25) is 0 Å². The van der Waals surface area contributed by atoms with Crippen molar-refractivity contribution in [3.05, 3.63) is 44.7 Å². The molecular weight excluding hydrogens is 502 g/mol. The van der Waals surface area contributed by atoms with Crippen molar-refractivity contribution in [1.82, 2.24) is 19.2 Å². The Bertz CT molecular complexity index is 1270. The van der Waals surface area contributed by atoms with Gasteiger partial charge < -0.3 is 19.3 Å². The van der Waals surface area contributed by atoms with Crippen molar-refractivity contribution in [2.45, 2.75) is 20.3 Å². The smallest absolute Gasteiger partial charge is 0.409 e. The molecule has 2 amide bonds. The van der Waals surface area contributed by atoms with Crippen LogP contribution >= 0.6 is 24.0 Å². The van der Waals surface area contributed by atoms with Crippen molar-refractivity contribution in [1.29, 1.82) is 0 Å². The molecule has 2 saturated heterocycles. The number of methoxy groups -OCH3 is 1. The second-order valence-electron chi connectivity index (χ2n) is 8.44. The number of hydrogen-bond donors (Lipinski definition) is 0. The van der Waals surface area contributed by atoms with Crippen molar-refractivity contribution >= 4 is 57.8 Å². The Morgan fingerprint density at radius 2 is 1.97 bits per heavy atom. The lowest BCUT2D eigenvalue weighted by molar-refractivity contribution is -0.122. The number of carbonyl (C=O) groups is 2. The normalized spacial score (nSPS) is 17.5. The van der Waals surface area contributed by atoms with Crippen LogP contribution in [-0.2, 0) is 14.3 Å². The molecule has 0 unspecified atom stereocenters. The highest BCUT2D eigenvalue weighted by atomic mass is 32.2. The molecule has 2 aliphatic rings. The van der Waals surface area contributed by atoms with Crippen molar-refractivity contribution in [2.24, 2.45) is 0 Å². The number of thiocarbonyl (C=S) groups is 1. The quantitative estimate of drug-likeness (QED) is 0.303. The summed E-state index contributed by atoms with van der Waals surface area (Å²) in [6.07, 6.45) is 3.65. The highest BCUT2D eigenvalue weighted by Crippen LogP contribution is 2.33. The molecule has 0 radical (unpaired) electrons. The third-order valence-electron chi connectivity index (χ3n) is 5.97. The van der Waals surface area contributed by atoms with Gasteiger partial charge in [-0.1, -0.05) is 30.0 Å². The highest BCUT2D eigenvalue weighted by Gasteiger charge is 2.33. The van der Waals surface area contributed by atoms with Gasteiger partial charge in [0, 0.05) is 52.6 Å². The number of ether oxygens (including phenoxy) is 2. The summed E-state index contributed by atoms with van der Waals surface area (Å²) >= 11 is 6.61. The third kappa shape index (κ3) is 5.40. The second kappa shape index (κ2) is 11.4. The first-order valence-electron chi connectivity index (χ1n) is 11.8. The monoisotopic (exact) mass is 531 g/mol. The van der Waals surface area contributed by atoms with Crippen molar-refractivity contribution < 1.29 is 19.1 Å². The molecule has 2 aromatic rings. The fourth-order valence-electron chi connectivity index (χ4n) is 4.12. The average molecular weight is 532 g/mol. The Balaban J connectivity index is 1.70. The van der Waals surface area contributed by atoms with Crippen LogP contribution in [0.3, 0.4) is 0 Å². The minimum atomic E-state index is -0.350. The molecule has 0 aromatic carbocycles. The summed E-state index contributed by atoms with van der Waals surface area (Å²) in [6.45, 7) is 6.80. The van der Waals surface area contributed by atoms with Gasteiger partial charge in [0.1, 0.15) is 15.8 Å². The lowest BCUT2D eigenvalue weighted by atomic mass is 10.2. The minimum absolute atomic E-state index is 0.229. The number of carbonyl (C=O) groups excluding carboxylic acids is 2. The first-order valence-corrected chi connectivity index (χ1v) is 13.0. The Morgan fingerprint density at radius 3 is 2.67 bits per heavy atom. The lowest BCUT2D eigenvalue weighted by Crippen LogP contribution is -2.49. The minimum Gasteiger partial charge on any atom is -0.450 e. The van der Waals surface area contributed by atoms with Crippen molar-refractivity contribution in [3.8, 4) is 0 Å². The number of aryl methyl sites for hydroxylation is 1. The molecule has 0 bridgehead atoms. The van der Waals surface area contributed by atoms with E-state index in [0.29, 0.717) is 78.6 Å². The van der Waals surface area contributed by atoms with Crippen LogP contribution in [0.5, 0.6) is 0 Å². The van der Waals surface area contributed by atoms with Crippen LogP contribution in [0, 0.1) is 6.92 Å². The number of thioether (sulfide) groups is 1. The van der Waals surface area contributed by atoms with E-state index in [1.165, 1.54) is 16.2 Å². The molecule has 2 aliphatic heterocycles. The number of amides is 2. The highest BCUT2D eigenvalue weighted by molar-refractivity contribution is 8.26. The van der Waals surface area contributed by atoms with Crippen molar-refractivity contribution in [2.75, 3.05) is 57.9 Å². The zero-order chi connectivity index (χ0) is 25.8.